The molecule has 0 aliphatic heterocycles. The lowest BCUT2D eigenvalue weighted by atomic mass is 11.3. The lowest BCUT2D eigenvalue weighted by molar-refractivity contribution is 0.273. The molecule has 0 atom stereocenters. The highest BCUT2D eigenvalue weighted by Crippen LogP contribution is 2.04. The summed E-state index contributed by atoms with van der Waals surface area (Å²) in [5, 5.41) is 0.548. The van der Waals surface area contributed by atoms with Gasteiger partial charge in [0.1, 0.15) is 0 Å². The second kappa shape index (κ2) is 3.20. The Bertz CT molecular complexity index is 371. The Labute approximate surface area is 70.2 Å². The first-order chi connectivity index (χ1) is 5.28. The molecule has 12 heavy (non-hydrogen) atoms. The molecule has 5 nitrogen and oxygen atoms in total. The molecule has 0 aromatic rings. The number of carbonyl (C=O) groups excluding carboxylic acids is 1. The van der Waals surface area contributed by atoms with Gasteiger partial charge in [0.15, 0.2) is 0 Å². The van der Waals surface area contributed by atoms with Crippen molar-refractivity contribution in [3.63, 3.8) is 0 Å². The van der Waals surface area contributed by atoms with Crippen LogP contribution in [0.5, 0.6) is 0 Å². The van der Waals surface area contributed by atoms with Gasteiger partial charge in [-0.25, -0.2) is 16.8 Å². The summed E-state index contributed by atoms with van der Waals surface area (Å²) in [5.74, 6) is 0. The molecule has 0 rings (SSSR count). The van der Waals surface area contributed by atoms with Gasteiger partial charge in [-0.3, -0.25) is 4.79 Å². The molecule has 0 saturated heterocycles. The maximum atomic E-state index is 10.6. The van der Waals surface area contributed by atoms with E-state index in [-0.39, 0.29) is 10.8 Å². The van der Waals surface area contributed by atoms with Crippen molar-refractivity contribution in [2.75, 3.05) is 0 Å². The molecule has 0 spiro atoms. The molecule has 0 aromatic heterocycles. The van der Waals surface area contributed by atoms with Gasteiger partial charge >= 0.3 is 4.45 Å². The highest BCUT2D eigenvalue weighted by Gasteiger charge is 2.30. The summed E-state index contributed by atoms with van der Waals surface area (Å²) in [6.07, 6.45) is 0. The van der Waals surface area contributed by atoms with Gasteiger partial charge in [-0.15, -0.1) is 0 Å². The van der Waals surface area contributed by atoms with Crippen LogP contribution in [-0.4, -0.2) is 21.3 Å². The standard InChI is InChI=1S/C5H6O5S2/c1-3-11(7,8)5(6)12(9,10)4-2/h3-4H,1-2H2. The van der Waals surface area contributed by atoms with Crippen LogP contribution in [0.4, 0.5) is 4.79 Å². The van der Waals surface area contributed by atoms with Crippen LogP contribution < -0.4 is 0 Å². The van der Waals surface area contributed by atoms with Gasteiger partial charge in [-0.2, -0.15) is 0 Å². The molecule has 0 bridgehead atoms. The van der Waals surface area contributed by atoms with Crippen LogP contribution in [-0.2, 0) is 19.7 Å². The summed E-state index contributed by atoms with van der Waals surface area (Å²) in [5.41, 5.74) is 0. The molecular weight excluding hydrogens is 204 g/mol. The molecule has 0 unspecified atom stereocenters. The first-order valence-corrected chi connectivity index (χ1v) is 5.66. The third-order valence-electron chi connectivity index (χ3n) is 0.903. The van der Waals surface area contributed by atoms with Crippen molar-refractivity contribution < 1.29 is 21.6 Å². The minimum Gasteiger partial charge on any atom is -0.262 e. The number of hydrogen-bond acceptors (Lipinski definition) is 5. The maximum absolute atomic E-state index is 10.6. The fraction of sp³-hybridized carbons (Fsp3) is 0. The van der Waals surface area contributed by atoms with E-state index in [0.29, 0.717) is 0 Å². The van der Waals surface area contributed by atoms with Gasteiger partial charge in [0, 0.05) is 10.8 Å². The van der Waals surface area contributed by atoms with Crippen LogP contribution in [0.3, 0.4) is 0 Å². The van der Waals surface area contributed by atoms with Crippen LogP contribution in [0.2, 0.25) is 0 Å². The lowest BCUT2D eigenvalue weighted by Crippen LogP contribution is -2.18. The van der Waals surface area contributed by atoms with Crippen molar-refractivity contribution in [2.24, 2.45) is 0 Å². The summed E-state index contributed by atoms with van der Waals surface area (Å²) < 4.78 is 40.5. The normalized spacial score (nSPS) is 12.0. The Morgan fingerprint density at radius 3 is 1.33 bits per heavy atom. The van der Waals surface area contributed by atoms with E-state index in [9.17, 15) is 21.6 Å². The Hall–Kier alpha value is -0.950. The van der Waals surface area contributed by atoms with E-state index in [4.69, 9.17) is 0 Å². The largest absolute Gasteiger partial charge is 0.367 e. The van der Waals surface area contributed by atoms with E-state index in [1.807, 2.05) is 0 Å². The smallest absolute Gasteiger partial charge is 0.262 e. The predicted octanol–water partition coefficient (Wildman–Crippen LogP) is 0.223. The van der Waals surface area contributed by atoms with Crippen molar-refractivity contribution in [3.05, 3.63) is 24.0 Å². The summed E-state index contributed by atoms with van der Waals surface area (Å²) in [7, 11) is -8.80. The van der Waals surface area contributed by atoms with Crippen molar-refractivity contribution in [1.29, 1.82) is 0 Å². The Morgan fingerprint density at radius 1 is 0.917 bits per heavy atom. The van der Waals surface area contributed by atoms with Gasteiger partial charge in [0.2, 0.25) is 19.7 Å². The van der Waals surface area contributed by atoms with Crippen molar-refractivity contribution >= 4 is 24.1 Å². The number of hydrogen-bond donors (Lipinski definition) is 0. The maximum Gasteiger partial charge on any atom is 0.367 e. The number of sulfone groups is 2. The molecule has 0 fully saturated rings. The van der Waals surface area contributed by atoms with E-state index < -0.39 is 24.1 Å². The minimum atomic E-state index is -4.40. The molecule has 0 N–H and O–H groups in total. The summed E-state index contributed by atoms with van der Waals surface area (Å²) in [4.78, 5) is 10.6. The second-order valence-corrected chi connectivity index (χ2v) is 5.52. The van der Waals surface area contributed by atoms with E-state index >= 15 is 0 Å². The van der Waals surface area contributed by atoms with Crippen molar-refractivity contribution in [2.45, 2.75) is 0 Å². The van der Waals surface area contributed by atoms with Crippen molar-refractivity contribution in [1.82, 2.24) is 0 Å². The topological polar surface area (TPSA) is 85.3 Å². The van der Waals surface area contributed by atoms with Crippen LogP contribution >= 0.6 is 0 Å². The van der Waals surface area contributed by atoms with E-state index in [1.54, 1.807) is 0 Å². The van der Waals surface area contributed by atoms with Gasteiger partial charge in [-0.05, 0) is 0 Å². The Balaban J connectivity index is 5.44. The Morgan fingerprint density at radius 2 is 1.17 bits per heavy atom. The zero-order valence-electron chi connectivity index (χ0n) is 5.93. The SMILES string of the molecule is C=CS(=O)(=O)C(=O)S(=O)(=O)C=C. The van der Waals surface area contributed by atoms with Crippen LogP contribution in [0.25, 0.3) is 0 Å². The minimum absolute atomic E-state index is 0.274. The second-order valence-electron chi connectivity index (χ2n) is 1.67. The fourth-order valence-electron chi connectivity index (χ4n) is 0.298. The number of rotatable bonds is 2. The zero-order chi connectivity index (χ0) is 9.99. The molecule has 0 heterocycles. The van der Waals surface area contributed by atoms with Gasteiger partial charge < -0.3 is 0 Å². The monoisotopic (exact) mass is 210 g/mol. The average Bonchev–Trinajstić information content (AvgIpc) is 2.03. The van der Waals surface area contributed by atoms with E-state index in [1.165, 1.54) is 0 Å². The fourth-order valence-corrected chi connectivity index (χ4v) is 2.27. The van der Waals surface area contributed by atoms with Gasteiger partial charge in [0.05, 0.1) is 0 Å². The van der Waals surface area contributed by atoms with Gasteiger partial charge in [0.25, 0.3) is 0 Å². The molecule has 0 radical (unpaired) electrons. The highest BCUT2D eigenvalue weighted by molar-refractivity contribution is 8.33. The quantitative estimate of drug-likeness (QED) is 0.651. The van der Waals surface area contributed by atoms with E-state index in [2.05, 4.69) is 13.2 Å². The van der Waals surface area contributed by atoms with Gasteiger partial charge in [-0.1, -0.05) is 13.2 Å². The third-order valence-corrected chi connectivity index (χ3v) is 4.10. The summed E-state index contributed by atoms with van der Waals surface area (Å²) >= 11 is 0. The Kier molecular flexibility index (Phi) is 2.94. The van der Waals surface area contributed by atoms with Crippen LogP contribution in [0.15, 0.2) is 24.0 Å². The molecular formula is C5H6O5S2. The molecule has 0 aliphatic carbocycles. The third kappa shape index (κ3) is 2.02. The summed E-state index contributed by atoms with van der Waals surface area (Å²) in [6.45, 7) is 5.59. The zero-order valence-corrected chi connectivity index (χ0v) is 7.56. The highest BCUT2D eigenvalue weighted by atomic mass is 32.3. The predicted molar refractivity (Wildman–Crippen MR) is 43.6 cm³/mol. The summed E-state index contributed by atoms with van der Waals surface area (Å²) in [6, 6.07) is 0. The molecule has 0 saturated carbocycles. The molecule has 0 amide bonds. The molecule has 0 aliphatic rings. The first-order valence-electron chi connectivity index (χ1n) is 2.57. The molecule has 68 valence electrons. The van der Waals surface area contributed by atoms with Crippen molar-refractivity contribution in [3.8, 4) is 0 Å². The van der Waals surface area contributed by atoms with Crippen LogP contribution in [0, 0.1) is 0 Å². The van der Waals surface area contributed by atoms with E-state index in [0.717, 1.165) is 0 Å². The molecule has 0 aromatic carbocycles. The first kappa shape index (κ1) is 11.1. The number of carbonyl (C=O) groups is 1. The van der Waals surface area contributed by atoms with Crippen LogP contribution in [0.1, 0.15) is 0 Å². The molecule has 7 heteroatoms. The lowest BCUT2D eigenvalue weighted by Gasteiger charge is -1.93. The average molecular weight is 210 g/mol.